The minimum atomic E-state index is -0.454. The molecule has 0 saturated carbocycles. The molecular weight excluding hydrogens is 106 g/mol. The van der Waals surface area contributed by atoms with Crippen LogP contribution in [0.2, 0.25) is 0 Å². The van der Waals surface area contributed by atoms with Crippen molar-refractivity contribution in [2.24, 2.45) is 5.73 Å². The molecule has 1 saturated heterocycles. The number of aliphatic hydroxyl groups is 1. The van der Waals surface area contributed by atoms with Gasteiger partial charge in [0.2, 0.25) is 0 Å². The zero-order valence-corrected chi connectivity index (χ0v) is 4.87. The summed E-state index contributed by atoms with van der Waals surface area (Å²) in [6, 6.07) is -0.185. The van der Waals surface area contributed by atoms with E-state index in [1.807, 2.05) is 6.92 Å². The maximum Gasteiger partial charge on any atom is 0.0949 e. The molecule has 1 rings (SSSR count). The molecule has 48 valence electrons. The van der Waals surface area contributed by atoms with Crippen molar-refractivity contribution in [3.8, 4) is 0 Å². The highest BCUT2D eigenvalue weighted by Gasteiger charge is 2.28. The third-order valence-electron chi connectivity index (χ3n) is 1.52. The summed E-state index contributed by atoms with van der Waals surface area (Å²) in [7, 11) is 0. The van der Waals surface area contributed by atoms with Crippen molar-refractivity contribution in [2.45, 2.75) is 25.2 Å². The van der Waals surface area contributed by atoms with Crippen LogP contribution in [0.25, 0.3) is 0 Å². The Labute approximate surface area is 48.4 Å². The van der Waals surface area contributed by atoms with Crippen LogP contribution in [0.5, 0.6) is 0 Å². The Morgan fingerprint density at radius 2 is 2.38 bits per heavy atom. The van der Waals surface area contributed by atoms with Crippen LogP contribution in [0.4, 0.5) is 0 Å². The summed E-state index contributed by atoms with van der Waals surface area (Å²) in [6.07, 6.45) is -0.435. The van der Waals surface area contributed by atoms with Crippen LogP contribution in [0.15, 0.2) is 0 Å². The summed E-state index contributed by atoms with van der Waals surface area (Å²) in [5.41, 5.74) is 5.45. The van der Waals surface area contributed by atoms with Crippen LogP contribution in [-0.4, -0.2) is 30.0 Å². The predicted octanol–water partition coefficient (Wildman–Crippen LogP) is -0.907. The van der Waals surface area contributed by atoms with Crippen molar-refractivity contribution in [3.05, 3.63) is 0 Å². The van der Waals surface area contributed by atoms with Gasteiger partial charge in [0, 0.05) is 0 Å². The summed E-state index contributed by atoms with van der Waals surface area (Å²) in [5.74, 6) is 0. The second kappa shape index (κ2) is 2.01. The minimum Gasteiger partial charge on any atom is -0.389 e. The topological polar surface area (TPSA) is 55.5 Å². The molecule has 3 N–H and O–H groups in total. The van der Waals surface area contributed by atoms with Gasteiger partial charge >= 0.3 is 0 Å². The van der Waals surface area contributed by atoms with Gasteiger partial charge in [-0.15, -0.1) is 0 Å². The molecule has 0 amide bonds. The van der Waals surface area contributed by atoms with Crippen molar-refractivity contribution in [2.75, 3.05) is 6.61 Å². The van der Waals surface area contributed by atoms with Crippen LogP contribution < -0.4 is 5.73 Å². The molecule has 3 nitrogen and oxygen atoms in total. The highest BCUT2D eigenvalue weighted by Crippen LogP contribution is 2.10. The van der Waals surface area contributed by atoms with Crippen molar-refractivity contribution >= 4 is 0 Å². The molecule has 8 heavy (non-hydrogen) atoms. The molecule has 1 heterocycles. The monoisotopic (exact) mass is 117 g/mol. The molecule has 1 aliphatic rings. The third kappa shape index (κ3) is 0.844. The number of rotatable bonds is 0. The largest absolute Gasteiger partial charge is 0.389 e. The zero-order valence-electron chi connectivity index (χ0n) is 4.87. The Morgan fingerprint density at radius 1 is 1.75 bits per heavy atom. The van der Waals surface area contributed by atoms with Crippen molar-refractivity contribution in [1.82, 2.24) is 0 Å². The molecule has 0 radical (unpaired) electrons. The van der Waals surface area contributed by atoms with Gasteiger partial charge in [0.05, 0.1) is 24.9 Å². The van der Waals surface area contributed by atoms with E-state index in [2.05, 4.69) is 0 Å². The number of hydrogen-bond acceptors (Lipinski definition) is 3. The highest BCUT2D eigenvalue weighted by molar-refractivity contribution is 4.83. The van der Waals surface area contributed by atoms with E-state index < -0.39 is 6.10 Å². The molecule has 1 aliphatic heterocycles. The van der Waals surface area contributed by atoms with E-state index >= 15 is 0 Å². The first kappa shape index (κ1) is 6.01. The lowest BCUT2D eigenvalue weighted by Gasteiger charge is -2.08. The van der Waals surface area contributed by atoms with E-state index in [-0.39, 0.29) is 12.1 Å². The van der Waals surface area contributed by atoms with Crippen LogP contribution in [0.3, 0.4) is 0 Å². The molecule has 0 aromatic carbocycles. The van der Waals surface area contributed by atoms with E-state index in [9.17, 15) is 0 Å². The number of nitrogens with two attached hydrogens (primary N) is 1. The van der Waals surface area contributed by atoms with Gasteiger partial charge in [-0.05, 0) is 6.92 Å². The van der Waals surface area contributed by atoms with Gasteiger partial charge in [0.15, 0.2) is 0 Å². The Kier molecular flexibility index (Phi) is 1.51. The molecule has 0 aromatic rings. The second-order valence-electron chi connectivity index (χ2n) is 2.18. The standard InChI is InChI=1S/C5H11NO2/c1-3-5(6)4(7)2-8-3/h3-5,7H,2,6H2,1H3/t3-,4+,5+/m1/s1. The molecule has 0 bridgehead atoms. The fourth-order valence-corrected chi connectivity index (χ4v) is 0.785. The normalized spacial score (nSPS) is 47.6. The van der Waals surface area contributed by atoms with Crippen LogP contribution in [0, 0.1) is 0 Å². The molecule has 3 atom stereocenters. The smallest absolute Gasteiger partial charge is 0.0949 e. The first-order valence-electron chi connectivity index (χ1n) is 2.77. The Balaban J connectivity index is 2.44. The van der Waals surface area contributed by atoms with Gasteiger partial charge in [-0.25, -0.2) is 0 Å². The molecule has 3 heteroatoms. The lowest BCUT2D eigenvalue weighted by Crippen LogP contribution is -2.37. The van der Waals surface area contributed by atoms with Crippen molar-refractivity contribution in [1.29, 1.82) is 0 Å². The average molecular weight is 117 g/mol. The SMILES string of the molecule is C[C@H]1OC[C@H](O)[C@H]1N. The van der Waals surface area contributed by atoms with E-state index in [0.29, 0.717) is 6.61 Å². The fourth-order valence-electron chi connectivity index (χ4n) is 0.785. The van der Waals surface area contributed by atoms with Crippen LogP contribution in [0.1, 0.15) is 6.92 Å². The summed E-state index contributed by atoms with van der Waals surface area (Å²) in [6.45, 7) is 2.25. The van der Waals surface area contributed by atoms with E-state index in [1.54, 1.807) is 0 Å². The predicted molar refractivity (Wildman–Crippen MR) is 29.4 cm³/mol. The fraction of sp³-hybridized carbons (Fsp3) is 1.00. The molecule has 1 fully saturated rings. The number of ether oxygens (including phenoxy) is 1. The summed E-state index contributed by atoms with van der Waals surface area (Å²) in [4.78, 5) is 0. The maximum absolute atomic E-state index is 8.92. The van der Waals surface area contributed by atoms with Gasteiger partial charge in [0.25, 0.3) is 0 Å². The third-order valence-corrected chi connectivity index (χ3v) is 1.52. The summed E-state index contributed by atoms with van der Waals surface area (Å²) < 4.78 is 5.00. The van der Waals surface area contributed by atoms with Gasteiger partial charge < -0.3 is 15.6 Å². The summed E-state index contributed by atoms with van der Waals surface area (Å²) in [5, 5.41) is 8.92. The van der Waals surface area contributed by atoms with Crippen molar-refractivity contribution < 1.29 is 9.84 Å². The zero-order chi connectivity index (χ0) is 6.15. The average Bonchev–Trinajstić information content (AvgIpc) is 1.98. The summed E-state index contributed by atoms with van der Waals surface area (Å²) >= 11 is 0. The van der Waals surface area contributed by atoms with Crippen molar-refractivity contribution in [3.63, 3.8) is 0 Å². The van der Waals surface area contributed by atoms with E-state index in [4.69, 9.17) is 15.6 Å². The Morgan fingerprint density at radius 3 is 2.50 bits per heavy atom. The van der Waals surface area contributed by atoms with Crippen LogP contribution in [-0.2, 0) is 4.74 Å². The maximum atomic E-state index is 8.92. The minimum absolute atomic E-state index is 0.0185. The highest BCUT2D eigenvalue weighted by atomic mass is 16.5. The molecule has 0 unspecified atom stereocenters. The lowest BCUT2D eigenvalue weighted by molar-refractivity contribution is 0.0970. The lowest BCUT2D eigenvalue weighted by atomic mass is 10.1. The Hall–Kier alpha value is -0.120. The molecule has 0 aliphatic carbocycles. The first-order chi connectivity index (χ1) is 3.72. The number of hydrogen-bond donors (Lipinski definition) is 2. The van der Waals surface area contributed by atoms with Gasteiger partial charge in [-0.3, -0.25) is 0 Å². The molecule has 0 aromatic heterocycles. The van der Waals surface area contributed by atoms with E-state index in [0.717, 1.165) is 0 Å². The van der Waals surface area contributed by atoms with E-state index in [1.165, 1.54) is 0 Å². The quantitative estimate of drug-likeness (QED) is 0.432. The van der Waals surface area contributed by atoms with Crippen LogP contribution >= 0.6 is 0 Å². The first-order valence-corrected chi connectivity index (χ1v) is 2.77. The Bertz CT molecular complexity index is 76.5. The number of aliphatic hydroxyl groups excluding tert-OH is 1. The molecular formula is C5H11NO2. The van der Waals surface area contributed by atoms with Gasteiger partial charge in [-0.2, -0.15) is 0 Å². The van der Waals surface area contributed by atoms with Gasteiger partial charge in [0.1, 0.15) is 0 Å². The molecule has 0 spiro atoms. The van der Waals surface area contributed by atoms with Gasteiger partial charge in [-0.1, -0.05) is 0 Å². The second-order valence-corrected chi connectivity index (χ2v) is 2.18.